The predicted molar refractivity (Wildman–Crippen MR) is 136 cm³/mol. The molecule has 0 saturated heterocycles. The van der Waals surface area contributed by atoms with Crippen LogP contribution in [0.5, 0.6) is 0 Å². The highest BCUT2D eigenvalue weighted by Gasteiger charge is 2.17. The number of H-pyrrole nitrogens is 1. The minimum atomic E-state index is -0.970. The van der Waals surface area contributed by atoms with Crippen molar-refractivity contribution in [2.75, 3.05) is 0 Å². The molecule has 0 unspecified atom stereocenters. The molecule has 0 saturated carbocycles. The van der Waals surface area contributed by atoms with Gasteiger partial charge in [0.1, 0.15) is 17.8 Å². The molecule has 7 nitrogen and oxygen atoms in total. The zero-order valence-corrected chi connectivity index (χ0v) is 20.3. The summed E-state index contributed by atoms with van der Waals surface area (Å²) in [5.41, 5.74) is 4.46. The van der Waals surface area contributed by atoms with Crippen LogP contribution in [-0.2, 0) is 19.1 Å². The van der Waals surface area contributed by atoms with Crippen molar-refractivity contribution >= 4 is 16.8 Å². The van der Waals surface area contributed by atoms with E-state index in [0.29, 0.717) is 28.0 Å². The Morgan fingerprint density at radius 2 is 1.86 bits per heavy atom. The van der Waals surface area contributed by atoms with Crippen molar-refractivity contribution in [2.45, 2.75) is 32.3 Å². The van der Waals surface area contributed by atoms with E-state index in [1.165, 1.54) is 12.4 Å². The van der Waals surface area contributed by atoms with E-state index in [-0.39, 0.29) is 24.4 Å². The summed E-state index contributed by atoms with van der Waals surface area (Å²) in [4.78, 5) is 24.6. The fourth-order valence-electron chi connectivity index (χ4n) is 4.24. The molecule has 0 spiro atoms. The van der Waals surface area contributed by atoms with Crippen LogP contribution in [0.15, 0.2) is 67.3 Å². The van der Waals surface area contributed by atoms with Crippen molar-refractivity contribution in [1.82, 2.24) is 24.7 Å². The quantitative estimate of drug-likeness (QED) is 0.310. The number of Topliss-reactive ketones (excluding diaryl/α,β-unsaturated/α-hetero) is 1. The van der Waals surface area contributed by atoms with Crippen LogP contribution in [0.3, 0.4) is 0 Å². The zero-order chi connectivity index (χ0) is 25.4. The molecule has 3 aromatic heterocycles. The number of carbonyl (C=O) groups is 1. The third kappa shape index (κ3) is 4.67. The van der Waals surface area contributed by atoms with Crippen molar-refractivity contribution < 1.29 is 14.3 Å². The van der Waals surface area contributed by atoms with Gasteiger partial charge in [0.15, 0.2) is 5.78 Å². The second kappa shape index (κ2) is 9.13. The number of hydrogen-bond acceptors (Lipinski definition) is 5. The molecule has 2 aromatic carbocycles. The van der Waals surface area contributed by atoms with E-state index in [2.05, 4.69) is 20.1 Å². The molecule has 3 heterocycles. The molecule has 0 aliphatic rings. The van der Waals surface area contributed by atoms with Crippen molar-refractivity contribution in [3.8, 4) is 22.5 Å². The number of nitrogens with one attached hydrogen (secondary N) is 1. The highest BCUT2D eigenvalue weighted by molar-refractivity contribution is 5.96. The van der Waals surface area contributed by atoms with Gasteiger partial charge >= 0.3 is 0 Å². The van der Waals surface area contributed by atoms with Gasteiger partial charge in [0.2, 0.25) is 0 Å². The van der Waals surface area contributed by atoms with E-state index in [4.69, 9.17) is 0 Å². The molecule has 0 aliphatic carbocycles. The first kappa shape index (κ1) is 23.6. The third-order valence-corrected chi connectivity index (χ3v) is 6.30. The molecule has 0 atom stereocenters. The van der Waals surface area contributed by atoms with Gasteiger partial charge in [-0.05, 0) is 43.5 Å². The van der Waals surface area contributed by atoms with Crippen molar-refractivity contribution in [3.05, 3.63) is 89.8 Å². The molecular weight excluding hydrogens is 457 g/mol. The number of aliphatic hydroxyl groups is 1. The Hall–Kier alpha value is -4.17. The Labute approximate surface area is 207 Å². The average molecular weight is 484 g/mol. The van der Waals surface area contributed by atoms with Gasteiger partial charge in [-0.1, -0.05) is 36.4 Å². The largest absolute Gasteiger partial charge is 0.386 e. The number of ketones is 1. The molecule has 8 heteroatoms. The minimum absolute atomic E-state index is 0.0754. The second-order valence-electron chi connectivity index (χ2n) is 9.44. The Morgan fingerprint density at radius 1 is 1.08 bits per heavy atom. The lowest BCUT2D eigenvalue weighted by Gasteiger charge is -2.17. The van der Waals surface area contributed by atoms with Crippen LogP contribution < -0.4 is 0 Å². The van der Waals surface area contributed by atoms with E-state index in [0.717, 1.165) is 22.2 Å². The summed E-state index contributed by atoms with van der Waals surface area (Å²) in [5, 5.41) is 15.1. The smallest absolute Gasteiger partial charge is 0.163 e. The molecular formula is C28H26FN5O2. The molecule has 2 N–H and O–H groups in total. The van der Waals surface area contributed by atoms with E-state index >= 15 is 4.39 Å². The average Bonchev–Trinajstić information content (AvgIpc) is 3.48. The van der Waals surface area contributed by atoms with Crippen LogP contribution in [0.25, 0.3) is 33.5 Å². The number of rotatable bonds is 7. The van der Waals surface area contributed by atoms with E-state index in [1.807, 2.05) is 25.4 Å². The number of halogens is 1. The maximum absolute atomic E-state index is 15.0. The third-order valence-electron chi connectivity index (χ3n) is 6.30. The van der Waals surface area contributed by atoms with Gasteiger partial charge in [0.05, 0.1) is 23.2 Å². The minimum Gasteiger partial charge on any atom is -0.386 e. The van der Waals surface area contributed by atoms with Gasteiger partial charge in [-0.15, -0.1) is 0 Å². The SMILES string of the molecule is Cn1cc(-c2cc3c(-c4ccc(CCC(=O)c5ccc(C(C)(C)O)cc5)c(F)c4)ncnc3[nH]2)cn1. The fourth-order valence-corrected chi connectivity index (χ4v) is 4.24. The van der Waals surface area contributed by atoms with Gasteiger partial charge in [-0.3, -0.25) is 9.48 Å². The van der Waals surface area contributed by atoms with Gasteiger partial charge in [-0.2, -0.15) is 5.10 Å². The molecule has 36 heavy (non-hydrogen) atoms. The summed E-state index contributed by atoms with van der Waals surface area (Å²) in [6.07, 6.45) is 5.58. The zero-order valence-electron chi connectivity index (χ0n) is 20.3. The maximum atomic E-state index is 15.0. The summed E-state index contributed by atoms with van der Waals surface area (Å²) in [6.45, 7) is 3.39. The number of carbonyl (C=O) groups excluding carboxylic acids is 1. The Balaban J connectivity index is 1.34. The first-order chi connectivity index (χ1) is 17.2. The van der Waals surface area contributed by atoms with Crippen LogP contribution in [0.1, 0.15) is 41.8 Å². The van der Waals surface area contributed by atoms with Crippen molar-refractivity contribution in [3.63, 3.8) is 0 Å². The highest BCUT2D eigenvalue weighted by Crippen LogP contribution is 2.30. The van der Waals surface area contributed by atoms with Crippen LogP contribution in [0.4, 0.5) is 4.39 Å². The molecule has 0 radical (unpaired) electrons. The van der Waals surface area contributed by atoms with Crippen LogP contribution >= 0.6 is 0 Å². The van der Waals surface area contributed by atoms with Gasteiger partial charge in [0.25, 0.3) is 0 Å². The Morgan fingerprint density at radius 3 is 2.53 bits per heavy atom. The second-order valence-corrected chi connectivity index (χ2v) is 9.44. The van der Waals surface area contributed by atoms with Gasteiger partial charge in [0, 0.05) is 41.7 Å². The molecule has 0 bridgehead atoms. The predicted octanol–water partition coefficient (Wildman–Crippen LogP) is 5.21. The number of aryl methyl sites for hydroxylation is 2. The van der Waals surface area contributed by atoms with E-state index in [9.17, 15) is 9.90 Å². The first-order valence-corrected chi connectivity index (χ1v) is 11.7. The topological polar surface area (TPSA) is 96.7 Å². The lowest BCUT2D eigenvalue weighted by atomic mass is 9.95. The molecule has 0 fully saturated rings. The number of aromatic nitrogens is 5. The molecule has 182 valence electrons. The van der Waals surface area contributed by atoms with Gasteiger partial charge in [-0.25, -0.2) is 14.4 Å². The molecule has 5 rings (SSSR count). The number of aromatic amines is 1. The standard InChI is InChI=1S/C28H26FN5O2/c1-28(2,36)21-9-6-18(7-10-21)25(35)11-8-17-4-5-19(12-23(17)29)26-22-13-24(20-14-32-34(3)15-20)33-27(22)31-16-30-26/h4-7,9-10,12-16,36H,8,11H2,1-3H3,(H,30,31,33). The number of nitrogens with zero attached hydrogens (tertiary/aromatic N) is 4. The maximum Gasteiger partial charge on any atom is 0.163 e. The molecule has 0 aliphatic heterocycles. The molecule has 5 aromatic rings. The Bertz CT molecular complexity index is 1560. The monoisotopic (exact) mass is 483 g/mol. The summed E-state index contributed by atoms with van der Waals surface area (Å²) in [6, 6.07) is 13.8. The molecule has 0 amide bonds. The summed E-state index contributed by atoms with van der Waals surface area (Å²) < 4.78 is 16.8. The lowest BCUT2D eigenvalue weighted by Crippen LogP contribution is -2.15. The summed E-state index contributed by atoms with van der Waals surface area (Å²) >= 11 is 0. The summed E-state index contributed by atoms with van der Waals surface area (Å²) in [5.74, 6) is -0.457. The van der Waals surface area contributed by atoms with E-state index in [1.54, 1.807) is 55.1 Å². The first-order valence-electron chi connectivity index (χ1n) is 11.7. The number of fused-ring (bicyclic) bond motifs is 1. The number of hydrogen-bond donors (Lipinski definition) is 2. The van der Waals surface area contributed by atoms with Gasteiger partial charge < -0.3 is 10.1 Å². The Kier molecular flexibility index (Phi) is 5.97. The summed E-state index contributed by atoms with van der Waals surface area (Å²) in [7, 11) is 1.85. The fraction of sp³-hybridized carbons (Fsp3) is 0.214. The highest BCUT2D eigenvalue weighted by atomic mass is 19.1. The van der Waals surface area contributed by atoms with Crippen LogP contribution in [0.2, 0.25) is 0 Å². The van der Waals surface area contributed by atoms with Crippen LogP contribution in [-0.4, -0.2) is 35.6 Å². The van der Waals surface area contributed by atoms with Crippen LogP contribution in [0, 0.1) is 5.82 Å². The lowest BCUT2D eigenvalue weighted by molar-refractivity contribution is 0.0784. The van der Waals surface area contributed by atoms with Crippen molar-refractivity contribution in [1.29, 1.82) is 0 Å². The number of benzene rings is 2. The van der Waals surface area contributed by atoms with E-state index < -0.39 is 5.60 Å². The normalized spacial score (nSPS) is 11.8. The van der Waals surface area contributed by atoms with Crippen molar-refractivity contribution in [2.24, 2.45) is 7.05 Å².